The van der Waals surface area contributed by atoms with Crippen molar-refractivity contribution in [2.75, 3.05) is 0 Å². The highest BCUT2D eigenvalue weighted by molar-refractivity contribution is 5.66. The van der Waals surface area contributed by atoms with E-state index in [1.165, 1.54) is 12.1 Å². The van der Waals surface area contributed by atoms with Gasteiger partial charge in [0.25, 0.3) is 0 Å². The lowest BCUT2D eigenvalue weighted by atomic mass is 9.79. The Labute approximate surface area is 224 Å². The molecule has 4 aromatic carbocycles. The minimum atomic E-state index is -1.60. The van der Waals surface area contributed by atoms with Crippen molar-refractivity contribution in [2.24, 2.45) is 5.92 Å². The van der Waals surface area contributed by atoms with Gasteiger partial charge in [-0.15, -0.1) is 0 Å². The van der Waals surface area contributed by atoms with Crippen LogP contribution in [0.5, 0.6) is 0 Å². The first-order chi connectivity index (χ1) is 18.7. The largest absolute Gasteiger partial charge is 0.206 e. The molecule has 0 amide bonds. The first kappa shape index (κ1) is 27.0. The van der Waals surface area contributed by atoms with Gasteiger partial charge in [0.15, 0.2) is 29.1 Å². The van der Waals surface area contributed by atoms with E-state index in [0.29, 0.717) is 35.4 Å². The van der Waals surface area contributed by atoms with E-state index >= 15 is 4.39 Å². The lowest BCUT2D eigenvalue weighted by molar-refractivity contribution is 0.339. The molecule has 0 spiro atoms. The third kappa shape index (κ3) is 5.75. The van der Waals surface area contributed by atoms with E-state index in [-0.39, 0.29) is 22.6 Å². The van der Waals surface area contributed by atoms with Gasteiger partial charge in [-0.25, -0.2) is 26.3 Å². The van der Waals surface area contributed by atoms with Crippen LogP contribution in [0.4, 0.5) is 26.3 Å². The van der Waals surface area contributed by atoms with Crippen molar-refractivity contribution in [3.8, 4) is 22.3 Å². The van der Waals surface area contributed by atoms with Crippen LogP contribution in [0.15, 0.2) is 66.7 Å². The average Bonchev–Trinajstić information content (AvgIpc) is 2.93. The number of rotatable bonds is 6. The van der Waals surface area contributed by atoms with E-state index < -0.39 is 34.9 Å². The quantitative estimate of drug-likeness (QED) is 0.169. The number of hydrogen-bond donors (Lipinski definition) is 0. The van der Waals surface area contributed by atoms with E-state index in [1.54, 1.807) is 30.3 Å². The van der Waals surface area contributed by atoms with Gasteiger partial charge >= 0.3 is 0 Å². The molecule has 0 radical (unpaired) electrons. The molecule has 0 N–H and O–H groups in total. The number of halogens is 6. The van der Waals surface area contributed by atoms with Gasteiger partial charge in [-0.05, 0) is 83.5 Å². The molecule has 1 saturated carbocycles. The first-order valence-electron chi connectivity index (χ1n) is 13.2. The Morgan fingerprint density at radius 2 is 1.13 bits per heavy atom. The summed E-state index contributed by atoms with van der Waals surface area (Å²) in [5.41, 5.74) is 2.75. The van der Waals surface area contributed by atoms with E-state index in [9.17, 15) is 22.0 Å². The second-order valence-electron chi connectivity index (χ2n) is 10.6. The van der Waals surface area contributed by atoms with Crippen LogP contribution in [0.3, 0.4) is 0 Å². The molecule has 1 fully saturated rings. The Kier molecular flexibility index (Phi) is 7.83. The SMILES string of the molecule is CC1CCC(c2ccc(-c3ccc(CCc4ccc(-c5cc(F)c(F)c(F)c5)c(F)c4)cc3)c(F)c2F)CC1. The first-order valence-corrected chi connectivity index (χ1v) is 13.2. The summed E-state index contributed by atoms with van der Waals surface area (Å²) in [5, 5.41) is 0. The highest BCUT2D eigenvalue weighted by Crippen LogP contribution is 2.38. The van der Waals surface area contributed by atoms with E-state index in [4.69, 9.17) is 0 Å². The monoisotopic (exact) mass is 538 g/mol. The fraction of sp³-hybridized carbons (Fsp3) is 0.273. The summed E-state index contributed by atoms with van der Waals surface area (Å²) in [5.74, 6) is -5.92. The lowest BCUT2D eigenvalue weighted by Gasteiger charge is -2.27. The summed E-state index contributed by atoms with van der Waals surface area (Å²) in [6, 6.07) is 16.4. The molecule has 0 unspecified atom stereocenters. The van der Waals surface area contributed by atoms with Crippen molar-refractivity contribution in [2.45, 2.75) is 51.4 Å². The lowest BCUT2D eigenvalue weighted by Crippen LogP contribution is -2.13. The molecule has 39 heavy (non-hydrogen) atoms. The van der Waals surface area contributed by atoms with Crippen molar-refractivity contribution in [1.29, 1.82) is 0 Å². The summed E-state index contributed by atoms with van der Waals surface area (Å²) in [4.78, 5) is 0. The molecule has 0 atom stereocenters. The van der Waals surface area contributed by atoms with E-state index in [0.717, 1.165) is 43.4 Å². The molecule has 0 aliphatic heterocycles. The predicted molar refractivity (Wildman–Crippen MR) is 141 cm³/mol. The minimum absolute atomic E-state index is 0.0285. The third-order valence-corrected chi connectivity index (χ3v) is 7.86. The maximum absolute atomic E-state index is 15.0. The molecule has 0 aromatic heterocycles. The van der Waals surface area contributed by atoms with Crippen LogP contribution in [0.1, 0.15) is 55.2 Å². The van der Waals surface area contributed by atoms with Crippen LogP contribution < -0.4 is 0 Å². The van der Waals surface area contributed by atoms with Crippen molar-refractivity contribution in [1.82, 2.24) is 0 Å². The maximum atomic E-state index is 15.0. The van der Waals surface area contributed by atoms with Crippen LogP contribution in [-0.2, 0) is 12.8 Å². The van der Waals surface area contributed by atoms with Crippen molar-refractivity contribution in [3.05, 3.63) is 118 Å². The molecule has 1 aliphatic rings. The Bertz CT molecular complexity index is 1460. The summed E-state index contributed by atoms with van der Waals surface area (Å²) in [6.45, 7) is 2.19. The normalized spacial score (nSPS) is 17.4. The molecule has 6 heteroatoms. The molecule has 4 aromatic rings. The Balaban J connectivity index is 1.26. The third-order valence-electron chi connectivity index (χ3n) is 7.86. The standard InChI is InChI=1S/C33H28F6/c1-19-2-9-22(10-3-19)26-14-15-27(32(38)31(26)37)23-11-6-20(7-12-23)4-5-21-8-13-25(28(34)16-21)24-17-29(35)33(39)30(36)18-24/h6-8,11-19,22H,2-5,9-10H2,1H3. The maximum Gasteiger partial charge on any atom is 0.194 e. The zero-order valence-corrected chi connectivity index (χ0v) is 21.5. The summed E-state index contributed by atoms with van der Waals surface area (Å²) < 4.78 is 85.1. The van der Waals surface area contributed by atoms with Crippen molar-refractivity contribution in [3.63, 3.8) is 0 Å². The molecule has 5 rings (SSSR count). The van der Waals surface area contributed by atoms with Gasteiger partial charge < -0.3 is 0 Å². The minimum Gasteiger partial charge on any atom is -0.206 e. The van der Waals surface area contributed by atoms with Crippen LogP contribution >= 0.6 is 0 Å². The topological polar surface area (TPSA) is 0 Å². The van der Waals surface area contributed by atoms with Gasteiger partial charge in [0.05, 0.1) is 0 Å². The van der Waals surface area contributed by atoms with Crippen molar-refractivity contribution >= 4 is 0 Å². The Morgan fingerprint density at radius 1 is 0.538 bits per heavy atom. The fourth-order valence-electron chi connectivity index (χ4n) is 5.47. The zero-order valence-electron chi connectivity index (χ0n) is 21.5. The second kappa shape index (κ2) is 11.3. The number of benzene rings is 4. The Hall–Kier alpha value is -3.54. The highest BCUT2D eigenvalue weighted by atomic mass is 19.2. The Morgan fingerprint density at radius 3 is 1.77 bits per heavy atom. The number of hydrogen-bond acceptors (Lipinski definition) is 0. The number of aryl methyl sites for hydroxylation is 2. The molecular formula is C33H28F6. The average molecular weight is 539 g/mol. The van der Waals surface area contributed by atoms with Gasteiger partial charge in [-0.3, -0.25) is 0 Å². The molecule has 0 heterocycles. The van der Waals surface area contributed by atoms with Crippen LogP contribution in [0.2, 0.25) is 0 Å². The summed E-state index contributed by atoms with van der Waals surface area (Å²) in [7, 11) is 0. The molecule has 0 saturated heterocycles. The zero-order chi connectivity index (χ0) is 27.7. The van der Waals surface area contributed by atoms with Gasteiger partial charge in [-0.1, -0.05) is 68.3 Å². The molecular weight excluding hydrogens is 510 g/mol. The highest BCUT2D eigenvalue weighted by Gasteiger charge is 2.25. The van der Waals surface area contributed by atoms with Crippen LogP contribution in [-0.4, -0.2) is 0 Å². The van der Waals surface area contributed by atoms with Gasteiger partial charge in [0, 0.05) is 11.1 Å². The molecule has 0 nitrogen and oxygen atoms in total. The van der Waals surface area contributed by atoms with Gasteiger partial charge in [0.2, 0.25) is 0 Å². The predicted octanol–water partition coefficient (Wildman–Crippen LogP) is 9.93. The molecule has 202 valence electrons. The van der Waals surface area contributed by atoms with Gasteiger partial charge in [-0.2, -0.15) is 0 Å². The summed E-state index contributed by atoms with van der Waals surface area (Å²) >= 11 is 0. The smallest absolute Gasteiger partial charge is 0.194 e. The van der Waals surface area contributed by atoms with E-state index in [2.05, 4.69) is 6.92 Å². The second-order valence-corrected chi connectivity index (χ2v) is 10.6. The fourth-order valence-corrected chi connectivity index (χ4v) is 5.47. The summed E-state index contributed by atoms with van der Waals surface area (Å²) in [6.07, 6.45) is 4.86. The van der Waals surface area contributed by atoms with Gasteiger partial charge in [0.1, 0.15) is 5.82 Å². The van der Waals surface area contributed by atoms with Crippen LogP contribution in [0, 0.1) is 40.8 Å². The van der Waals surface area contributed by atoms with Crippen molar-refractivity contribution < 1.29 is 26.3 Å². The van der Waals surface area contributed by atoms with Crippen LogP contribution in [0.25, 0.3) is 22.3 Å². The molecule has 1 aliphatic carbocycles. The van der Waals surface area contributed by atoms with E-state index in [1.807, 2.05) is 12.1 Å². The molecule has 0 bridgehead atoms.